The zero-order valence-electron chi connectivity index (χ0n) is 13.8. The average molecular weight is 367 g/mol. The van der Waals surface area contributed by atoms with E-state index in [-0.39, 0.29) is 18.8 Å². The van der Waals surface area contributed by atoms with Crippen LogP contribution >= 0.6 is 0 Å². The summed E-state index contributed by atoms with van der Waals surface area (Å²) < 4.78 is 47.6. The van der Waals surface area contributed by atoms with Gasteiger partial charge in [0.05, 0.1) is 12.2 Å². The molecule has 0 aliphatic heterocycles. The van der Waals surface area contributed by atoms with Crippen molar-refractivity contribution in [1.29, 1.82) is 0 Å². The van der Waals surface area contributed by atoms with Gasteiger partial charge in [0.15, 0.2) is 6.61 Å². The highest BCUT2D eigenvalue weighted by atomic mass is 19.4. The smallest absolute Gasteiger partial charge is 0.416 e. The van der Waals surface area contributed by atoms with Crippen molar-refractivity contribution in [2.75, 3.05) is 18.5 Å². The molecule has 0 aromatic heterocycles. The molecule has 0 bridgehead atoms. The first-order valence-corrected chi connectivity index (χ1v) is 7.66. The Bertz CT molecular complexity index is 773. The number of hydrogen-bond donors (Lipinski definition) is 1. The second-order valence-corrected chi connectivity index (χ2v) is 5.15. The topological polar surface area (TPSA) is 64.6 Å². The molecule has 1 N–H and O–H groups in total. The molecule has 0 aliphatic carbocycles. The van der Waals surface area contributed by atoms with Crippen LogP contribution in [0, 0.1) is 0 Å². The standard InChI is InChI=1S/C18H16F3NO4/c1-2-25-16(23)11-26-15-5-3-4-14(10-15)22-17(24)12-6-8-13(9-7-12)18(19,20)21/h3-10H,2,11H2,1H3,(H,22,24). The third-order valence-electron chi connectivity index (χ3n) is 3.23. The molecule has 1 amide bonds. The number of esters is 1. The zero-order valence-corrected chi connectivity index (χ0v) is 13.8. The highest BCUT2D eigenvalue weighted by Crippen LogP contribution is 2.29. The van der Waals surface area contributed by atoms with Crippen LogP contribution in [0.15, 0.2) is 48.5 Å². The molecule has 138 valence electrons. The summed E-state index contributed by atoms with van der Waals surface area (Å²) in [4.78, 5) is 23.4. The number of anilines is 1. The number of carbonyl (C=O) groups excluding carboxylic acids is 2. The first-order chi connectivity index (χ1) is 12.3. The highest BCUT2D eigenvalue weighted by Gasteiger charge is 2.30. The van der Waals surface area contributed by atoms with Crippen molar-refractivity contribution >= 4 is 17.6 Å². The number of carbonyl (C=O) groups is 2. The second kappa shape index (κ2) is 8.37. The number of hydrogen-bond acceptors (Lipinski definition) is 4. The van der Waals surface area contributed by atoms with Gasteiger partial charge in [0, 0.05) is 17.3 Å². The van der Waals surface area contributed by atoms with E-state index >= 15 is 0 Å². The van der Waals surface area contributed by atoms with E-state index in [1.165, 1.54) is 6.07 Å². The van der Waals surface area contributed by atoms with Crippen molar-refractivity contribution in [1.82, 2.24) is 0 Å². The number of rotatable bonds is 6. The molecule has 8 heteroatoms. The number of benzene rings is 2. The van der Waals surface area contributed by atoms with Gasteiger partial charge in [-0.1, -0.05) is 6.07 Å². The lowest BCUT2D eigenvalue weighted by molar-refractivity contribution is -0.145. The molecular weight excluding hydrogens is 351 g/mol. The minimum atomic E-state index is -4.46. The van der Waals surface area contributed by atoms with Crippen molar-refractivity contribution in [3.63, 3.8) is 0 Å². The Hall–Kier alpha value is -3.03. The largest absolute Gasteiger partial charge is 0.482 e. The normalized spacial score (nSPS) is 10.9. The molecule has 0 saturated heterocycles. The second-order valence-electron chi connectivity index (χ2n) is 5.15. The summed E-state index contributed by atoms with van der Waals surface area (Å²) in [5.74, 6) is -0.753. The number of ether oxygens (including phenoxy) is 2. The molecule has 0 radical (unpaired) electrons. The molecule has 0 spiro atoms. The minimum Gasteiger partial charge on any atom is -0.482 e. The lowest BCUT2D eigenvalue weighted by Gasteiger charge is -2.10. The molecule has 0 fully saturated rings. The van der Waals surface area contributed by atoms with Gasteiger partial charge in [-0.3, -0.25) is 4.79 Å². The Morgan fingerprint density at radius 3 is 2.38 bits per heavy atom. The Morgan fingerprint density at radius 2 is 1.77 bits per heavy atom. The molecule has 2 aromatic rings. The fourth-order valence-electron chi connectivity index (χ4n) is 2.02. The third-order valence-corrected chi connectivity index (χ3v) is 3.23. The van der Waals surface area contributed by atoms with Crippen molar-refractivity contribution in [2.24, 2.45) is 0 Å². The van der Waals surface area contributed by atoms with Gasteiger partial charge in [-0.2, -0.15) is 13.2 Å². The van der Waals surface area contributed by atoms with Gasteiger partial charge in [0.1, 0.15) is 5.75 Å². The summed E-state index contributed by atoms with van der Waals surface area (Å²) in [6.45, 7) is 1.64. The average Bonchev–Trinajstić information content (AvgIpc) is 2.60. The van der Waals surface area contributed by atoms with Crippen molar-refractivity contribution in [3.05, 3.63) is 59.7 Å². The van der Waals surface area contributed by atoms with Crippen molar-refractivity contribution in [2.45, 2.75) is 13.1 Å². The predicted molar refractivity (Wildman–Crippen MR) is 88.0 cm³/mol. The van der Waals surface area contributed by atoms with E-state index in [1.54, 1.807) is 25.1 Å². The van der Waals surface area contributed by atoms with Crippen LogP contribution in [0.3, 0.4) is 0 Å². The van der Waals surface area contributed by atoms with E-state index in [0.29, 0.717) is 11.4 Å². The molecule has 0 heterocycles. The van der Waals surface area contributed by atoms with E-state index < -0.39 is 23.6 Å². The fraction of sp³-hybridized carbons (Fsp3) is 0.222. The summed E-state index contributed by atoms with van der Waals surface area (Å²) in [5.41, 5.74) is -0.379. The lowest BCUT2D eigenvalue weighted by Crippen LogP contribution is -2.15. The summed E-state index contributed by atoms with van der Waals surface area (Å²) in [7, 11) is 0. The van der Waals surface area contributed by atoms with Gasteiger partial charge in [0.2, 0.25) is 0 Å². The molecule has 26 heavy (non-hydrogen) atoms. The van der Waals surface area contributed by atoms with Crippen LogP contribution in [0.1, 0.15) is 22.8 Å². The maximum absolute atomic E-state index is 12.5. The molecule has 0 atom stereocenters. The number of nitrogens with one attached hydrogen (secondary N) is 1. The van der Waals surface area contributed by atoms with Gasteiger partial charge < -0.3 is 14.8 Å². The Morgan fingerprint density at radius 1 is 1.08 bits per heavy atom. The SMILES string of the molecule is CCOC(=O)COc1cccc(NC(=O)c2ccc(C(F)(F)F)cc2)c1. The lowest BCUT2D eigenvalue weighted by atomic mass is 10.1. The monoisotopic (exact) mass is 367 g/mol. The minimum absolute atomic E-state index is 0.0795. The van der Waals surface area contributed by atoms with Gasteiger partial charge in [-0.05, 0) is 43.3 Å². The Labute approximate surface area is 147 Å². The zero-order chi connectivity index (χ0) is 19.2. The van der Waals surface area contributed by atoms with Crippen LogP contribution in [0.2, 0.25) is 0 Å². The van der Waals surface area contributed by atoms with Gasteiger partial charge in [-0.15, -0.1) is 0 Å². The van der Waals surface area contributed by atoms with E-state index in [0.717, 1.165) is 24.3 Å². The predicted octanol–water partition coefficient (Wildman–Crippen LogP) is 3.90. The van der Waals surface area contributed by atoms with E-state index in [1.807, 2.05) is 0 Å². The summed E-state index contributed by atoms with van der Waals surface area (Å²) in [5, 5.41) is 2.55. The fourth-order valence-corrected chi connectivity index (χ4v) is 2.02. The van der Waals surface area contributed by atoms with Crippen LogP contribution in [-0.2, 0) is 15.7 Å². The maximum Gasteiger partial charge on any atom is 0.416 e. The molecule has 0 aliphatic rings. The molecule has 0 unspecified atom stereocenters. The molecule has 5 nitrogen and oxygen atoms in total. The molecular formula is C18H16F3NO4. The molecule has 0 saturated carbocycles. The third kappa shape index (κ3) is 5.51. The molecule has 2 rings (SSSR count). The van der Waals surface area contributed by atoms with Gasteiger partial charge in [0.25, 0.3) is 5.91 Å². The number of amides is 1. The number of halogens is 3. The van der Waals surface area contributed by atoms with Crippen molar-refractivity contribution < 1.29 is 32.2 Å². The van der Waals surface area contributed by atoms with E-state index in [9.17, 15) is 22.8 Å². The van der Waals surface area contributed by atoms with Crippen molar-refractivity contribution in [3.8, 4) is 5.75 Å². The Kier molecular flexibility index (Phi) is 6.21. The first kappa shape index (κ1) is 19.3. The number of alkyl halides is 3. The van der Waals surface area contributed by atoms with Crippen LogP contribution in [0.5, 0.6) is 5.75 Å². The van der Waals surface area contributed by atoms with Gasteiger partial charge in [-0.25, -0.2) is 4.79 Å². The maximum atomic E-state index is 12.5. The summed E-state index contributed by atoms with van der Waals surface area (Å²) in [6.07, 6.45) is -4.46. The summed E-state index contributed by atoms with van der Waals surface area (Å²) >= 11 is 0. The Balaban J connectivity index is 2.00. The van der Waals surface area contributed by atoms with Crippen LogP contribution in [-0.4, -0.2) is 25.1 Å². The van der Waals surface area contributed by atoms with Crippen LogP contribution in [0.4, 0.5) is 18.9 Å². The van der Waals surface area contributed by atoms with Gasteiger partial charge >= 0.3 is 12.1 Å². The quantitative estimate of drug-likeness (QED) is 0.787. The first-order valence-electron chi connectivity index (χ1n) is 7.66. The summed E-state index contributed by atoms with van der Waals surface area (Å²) in [6, 6.07) is 10.1. The van der Waals surface area contributed by atoms with Crippen LogP contribution < -0.4 is 10.1 Å². The highest BCUT2D eigenvalue weighted by molar-refractivity contribution is 6.04. The van der Waals surface area contributed by atoms with E-state index in [2.05, 4.69) is 5.32 Å². The molecule has 2 aromatic carbocycles. The van der Waals surface area contributed by atoms with E-state index in [4.69, 9.17) is 9.47 Å². The van der Waals surface area contributed by atoms with Crippen LogP contribution in [0.25, 0.3) is 0 Å².